The number of aromatic nitrogens is 2. The van der Waals surface area contributed by atoms with Gasteiger partial charge in [0, 0.05) is 22.9 Å². The maximum absolute atomic E-state index is 8.60. The number of hydrogen-bond acceptors (Lipinski definition) is 4. The zero-order valence-electron chi connectivity index (χ0n) is 8.71. The van der Waals surface area contributed by atoms with Crippen LogP contribution in [0.1, 0.15) is 5.82 Å². The molecule has 1 heterocycles. The molecule has 0 unspecified atom stereocenters. The van der Waals surface area contributed by atoms with Gasteiger partial charge in [-0.1, -0.05) is 12.1 Å². The molecule has 1 aromatic heterocycles. The summed E-state index contributed by atoms with van der Waals surface area (Å²) in [6.07, 6.45) is 5.38. The Morgan fingerprint density at radius 2 is 1.94 bits per heavy atom. The fourth-order valence-corrected chi connectivity index (χ4v) is 1.80. The van der Waals surface area contributed by atoms with Gasteiger partial charge in [-0.2, -0.15) is 5.26 Å². The van der Waals surface area contributed by atoms with Gasteiger partial charge in [-0.25, -0.2) is 9.97 Å². The van der Waals surface area contributed by atoms with Crippen LogP contribution in [0, 0.1) is 11.3 Å². The predicted molar refractivity (Wildman–Crippen MR) is 64.0 cm³/mol. The largest absolute Gasteiger partial charge is 0.232 e. The number of rotatable bonds is 2. The van der Waals surface area contributed by atoms with Crippen LogP contribution in [-0.2, 0) is 0 Å². The minimum absolute atomic E-state index is 0.199. The van der Waals surface area contributed by atoms with Crippen LogP contribution in [0.5, 0.6) is 0 Å². The first-order chi connectivity index (χ1) is 7.83. The summed E-state index contributed by atoms with van der Waals surface area (Å²) in [5.74, 6) is 0.199. The molecule has 0 radical (unpaired) electrons. The van der Waals surface area contributed by atoms with Crippen molar-refractivity contribution < 1.29 is 0 Å². The number of thioether (sulfide) groups is 1. The maximum Gasteiger partial charge on any atom is 0.232 e. The standard InChI is InChI=1S/C12H9N3S/c1-16-11-4-2-3-9(5-11)10-7-14-12(6-13)15-8-10/h2-5,7-8H,1H3. The van der Waals surface area contributed by atoms with Gasteiger partial charge in [0.15, 0.2) is 0 Å². The minimum atomic E-state index is 0.199. The molecule has 2 aromatic rings. The van der Waals surface area contributed by atoms with E-state index in [-0.39, 0.29) is 5.82 Å². The fourth-order valence-electron chi connectivity index (χ4n) is 1.34. The molecule has 0 N–H and O–H groups in total. The summed E-state index contributed by atoms with van der Waals surface area (Å²) in [5.41, 5.74) is 1.99. The molecule has 0 spiro atoms. The van der Waals surface area contributed by atoms with Crippen molar-refractivity contribution in [1.29, 1.82) is 5.26 Å². The van der Waals surface area contributed by atoms with Crippen molar-refractivity contribution in [3.05, 3.63) is 42.5 Å². The highest BCUT2D eigenvalue weighted by molar-refractivity contribution is 7.98. The molecule has 3 nitrogen and oxygen atoms in total. The summed E-state index contributed by atoms with van der Waals surface area (Å²) in [6, 6.07) is 10.0. The summed E-state index contributed by atoms with van der Waals surface area (Å²) in [6.45, 7) is 0. The average molecular weight is 227 g/mol. The van der Waals surface area contributed by atoms with E-state index in [2.05, 4.69) is 22.1 Å². The summed E-state index contributed by atoms with van der Waals surface area (Å²) >= 11 is 1.69. The van der Waals surface area contributed by atoms with Crippen molar-refractivity contribution >= 4 is 11.8 Å². The van der Waals surface area contributed by atoms with Crippen LogP contribution in [0.25, 0.3) is 11.1 Å². The van der Waals surface area contributed by atoms with Crippen molar-refractivity contribution in [2.24, 2.45) is 0 Å². The van der Waals surface area contributed by atoms with E-state index in [1.54, 1.807) is 24.2 Å². The van der Waals surface area contributed by atoms with Gasteiger partial charge >= 0.3 is 0 Å². The van der Waals surface area contributed by atoms with Gasteiger partial charge in [0.2, 0.25) is 5.82 Å². The molecule has 2 rings (SSSR count). The number of benzene rings is 1. The lowest BCUT2D eigenvalue weighted by atomic mass is 10.1. The Labute approximate surface area is 98.2 Å². The van der Waals surface area contributed by atoms with Crippen molar-refractivity contribution in [1.82, 2.24) is 9.97 Å². The molecular weight excluding hydrogens is 218 g/mol. The van der Waals surface area contributed by atoms with Gasteiger partial charge in [-0.3, -0.25) is 0 Å². The van der Waals surface area contributed by atoms with E-state index in [9.17, 15) is 0 Å². The van der Waals surface area contributed by atoms with Crippen molar-refractivity contribution in [2.45, 2.75) is 4.90 Å². The van der Waals surface area contributed by atoms with E-state index in [1.165, 1.54) is 4.90 Å². The van der Waals surface area contributed by atoms with E-state index in [0.717, 1.165) is 11.1 Å². The third-order valence-electron chi connectivity index (χ3n) is 2.15. The summed E-state index contributed by atoms with van der Waals surface area (Å²) in [7, 11) is 0. The molecule has 0 atom stereocenters. The van der Waals surface area contributed by atoms with E-state index in [4.69, 9.17) is 5.26 Å². The molecule has 0 amide bonds. The van der Waals surface area contributed by atoms with E-state index >= 15 is 0 Å². The zero-order valence-corrected chi connectivity index (χ0v) is 9.53. The van der Waals surface area contributed by atoms with Crippen LogP contribution in [0.15, 0.2) is 41.6 Å². The summed E-state index contributed by atoms with van der Waals surface area (Å²) in [5, 5.41) is 8.60. The molecule has 0 bridgehead atoms. The number of hydrogen-bond donors (Lipinski definition) is 0. The fraction of sp³-hybridized carbons (Fsp3) is 0.0833. The molecule has 0 aliphatic carbocycles. The van der Waals surface area contributed by atoms with E-state index < -0.39 is 0 Å². The van der Waals surface area contributed by atoms with Gasteiger partial charge < -0.3 is 0 Å². The highest BCUT2D eigenvalue weighted by Crippen LogP contribution is 2.23. The smallest absolute Gasteiger partial charge is 0.227 e. The van der Waals surface area contributed by atoms with E-state index in [0.29, 0.717) is 0 Å². The minimum Gasteiger partial charge on any atom is -0.227 e. The Bertz CT molecular complexity index is 529. The first-order valence-corrected chi connectivity index (χ1v) is 5.92. The molecule has 0 fully saturated rings. The SMILES string of the molecule is CSc1cccc(-c2cnc(C#N)nc2)c1. The second kappa shape index (κ2) is 4.77. The quantitative estimate of drug-likeness (QED) is 0.740. The van der Waals surface area contributed by atoms with Crippen LogP contribution >= 0.6 is 11.8 Å². The van der Waals surface area contributed by atoms with Crippen molar-refractivity contribution in [2.75, 3.05) is 6.26 Å². The lowest BCUT2D eigenvalue weighted by Crippen LogP contribution is -1.88. The topological polar surface area (TPSA) is 49.6 Å². The molecule has 1 aromatic carbocycles. The van der Waals surface area contributed by atoms with Gasteiger partial charge in [-0.05, 0) is 24.0 Å². The monoisotopic (exact) mass is 227 g/mol. The molecule has 16 heavy (non-hydrogen) atoms. The zero-order chi connectivity index (χ0) is 11.4. The number of nitrogens with zero attached hydrogens (tertiary/aromatic N) is 3. The van der Waals surface area contributed by atoms with Gasteiger partial charge in [0.05, 0.1) is 0 Å². The Balaban J connectivity index is 2.39. The van der Waals surface area contributed by atoms with Gasteiger partial charge in [-0.15, -0.1) is 11.8 Å². The van der Waals surface area contributed by atoms with Crippen molar-refractivity contribution in [3.8, 4) is 17.2 Å². The molecular formula is C12H9N3S. The number of nitriles is 1. The Kier molecular flexibility index (Phi) is 3.18. The molecule has 4 heteroatoms. The first-order valence-electron chi connectivity index (χ1n) is 4.70. The van der Waals surface area contributed by atoms with Crippen LogP contribution in [0.3, 0.4) is 0 Å². The molecule has 0 aliphatic heterocycles. The maximum atomic E-state index is 8.60. The molecule has 0 saturated carbocycles. The third-order valence-corrected chi connectivity index (χ3v) is 2.88. The lowest BCUT2D eigenvalue weighted by Gasteiger charge is -2.02. The second-order valence-corrected chi connectivity index (χ2v) is 4.02. The Morgan fingerprint density at radius 3 is 2.56 bits per heavy atom. The van der Waals surface area contributed by atoms with Crippen LogP contribution in [0.4, 0.5) is 0 Å². The molecule has 0 saturated heterocycles. The lowest BCUT2D eigenvalue weighted by molar-refractivity contribution is 1.11. The third kappa shape index (κ3) is 2.20. The average Bonchev–Trinajstić information content (AvgIpc) is 2.39. The Hall–Kier alpha value is -1.86. The van der Waals surface area contributed by atoms with E-state index in [1.807, 2.05) is 24.5 Å². The van der Waals surface area contributed by atoms with Gasteiger partial charge in [0.25, 0.3) is 0 Å². The highest BCUT2D eigenvalue weighted by Gasteiger charge is 2.00. The highest BCUT2D eigenvalue weighted by atomic mass is 32.2. The van der Waals surface area contributed by atoms with Gasteiger partial charge in [0.1, 0.15) is 6.07 Å². The Morgan fingerprint density at radius 1 is 1.19 bits per heavy atom. The van der Waals surface area contributed by atoms with Crippen LogP contribution < -0.4 is 0 Å². The molecule has 0 aliphatic rings. The molecule has 78 valence electrons. The predicted octanol–water partition coefficient (Wildman–Crippen LogP) is 2.74. The second-order valence-electron chi connectivity index (χ2n) is 3.14. The normalized spacial score (nSPS) is 9.75. The first kappa shape index (κ1) is 10.7. The van der Waals surface area contributed by atoms with Crippen LogP contribution in [-0.4, -0.2) is 16.2 Å². The summed E-state index contributed by atoms with van der Waals surface area (Å²) < 4.78 is 0. The van der Waals surface area contributed by atoms with Crippen LogP contribution in [0.2, 0.25) is 0 Å². The summed E-state index contributed by atoms with van der Waals surface area (Å²) in [4.78, 5) is 9.10. The van der Waals surface area contributed by atoms with Crippen molar-refractivity contribution in [3.63, 3.8) is 0 Å².